The molecule has 0 bridgehead atoms. The molecule has 0 saturated carbocycles. The smallest absolute Gasteiger partial charge is 0.0628 e. The third-order valence-corrected chi connectivity index (χ3v) is 20.3. The van der Waals surface area contributed by atoms with Crippen molar-refractivity contribution in [1.82, 2.24) is 0 Å². The minimum absolute atomic E-state index is 0.728. The number of unbranched alkanes of at least 4 members (excludes halogenated alkanes) is 48. The monoisotopic (exact) mass is 1130 g/mol. The first-order valence-corrected chi connectivity index (χ1v) is 38.8. The van der Waals surface area contributed by atoms with E-state index < -0.39 is 18.1 Å². The van der Waals surface area contributed by atoms with Crippen molar-refractivity contribution >= 4 is 0 Å². The zero-order valence-corrected chi connectivity index (χ0v) is 56.4. The van der Waals surface area contributed by atoms with Crippen LogP contribution in [-0.2, 0) is 31.4 Å². The topological polar surface area (TPSA) is 36.9 Å². The summed E-state index contributed by atoms with van der Waals surface area (Å²) in [5.74, 6) is 3.46. The van der Waals surface area contributed by atoms with Crippen LogP contribution in [-0.4, -0.2) is 26.4 Å². The molecule has 0 saturated heterocycles. The van der Waals surface area contributed by atoms with Gasteiger partial charge >= 0.3 is 315 Å². The van der Waals surface area contributed by atoms with Crippen molar-refractivity contribution < 1.29 is 31.4 Å². The molecule has 0 aliphatic rings. The van der Waals surface area contributed by atoms with Crippen LogP contribution in [0.2, 0.25) is 0 Å². The van der Waals surface area contributed by atoms with Gasteiger partial charge < -0.3 is 0 Å². The van der Waals surface area contributed by atoms with Crippen LogP contribution >= 0.6 is 0 Å². The summed E-state index contributed by atoms with van der Waals surface area (Å²) in [5, 5.41) is 0. The Bertz CT molecular complexity index is 897. The van der Waals surface area contributed by atoms with Crippen LogP contribution in [0.1, 0.15) is 415 Å². The fourth-order valence-electron chi connectivity index (χ4n) is 11.4. The standard InChI is InChI=1S/4C18H37O.Ti/c4*1-18(2)16-14-12-10-8-6-4-3-5-7-9-11-13-15-17-19;/h4*18H,3-17H2,1-2H3;/q4*-1;+4. The molecule has 464 valence electrons. The Labute approximate surface area is 493 Å². The first-order valence-electron chi connectivity index (χ1n) is 36.2. The summed E-state index contributed by atoms with van der Waals surface area (Å²) in [5.41, 5.74) is 0. The van der Waals surface area contributed by atoms with E-state index >= 15 is 0 Å². The predicted molar refractivity (Wildman–Crippen MR) is 342 cm³/mol. The average Bonchev–Trinajstić information content (AvgIpc) is 3.39. The number of hydrogen-bond donors (Lipinski definition) is 0. The van der Waals surface area contributed by atoms with Gasteiger partial charge in [0.25, 0.3) is 0 Å². The molecule has 5 heteroatoms. The Morgan fingerprint density at radius 3 is 0.377 bits per heavy atom. The molecule has 0 rings (SSSR count). The van der Waals surface area contributed by atoms with Crippen molar-refractivity contribution in [3.8, 4) is 0 Å². The number of rotatable bonds is 68. The van der Waals surface area contributed by atoms with Crippen LogP contribution in [0.5, 0.6) is 0 Å². The van der Waals surface area contributed by atoms with Gasteiger partial charge in [-0.15, -0.1) is 0 Å². The molecule has 77 heavy (non-hydrogen) atoms. The fourth-order valence-corrected chi connectivity index (χ4v) is 14.7. The van der Waals surface area contributed by atoms with Gasteiger partial charge in [0.1, 0.15) is 0 Å². The summed E-state index contributed by atoms with van der Waals surface area (Å²) < 4.78 is 27.4. The van der Waals surface area contributed by atoms with E-state index in [-0.39, 0.29) is 0 Å². The van der Waals surface area contributed by atoms with Gasteiger partial charge in [0.05, 0.1) is 0 Å². The SMILES string of the molecule is CC(C)CCCCCCCCCCCCCCC[O][Ti]([O]CCCCCCCCCCCCCCCC(C)C)([O]CCCCCCCCCCCCCCCC(C)C)[O]CCCCCCCCCCCCCCCC(C)C. The van der Waals surface area contributed by atoms with Gasteiger partial charge in [-0.1, -0.05) is 158 Å². The summed E-state index contributed by atoms with van der Waals surface area (Å²) >= 11 is -3.89. The van der Waals surface area contributed by atoms with Crippen molar-refractivity contribution in [3.05, 3.63) is 0 Å². The molecule has 0 spiro atoms. The minimum Gasteiger partial charge on any atom is -0.0628 e. The van der Waals surface area contributed by atoms with E-state index in [0.717, 1.165) is 75.8 Å². The quantitative estimate of drug-likeness (QED) is 0.0449. The van der Waals surface area contributed by atoms with Gasteiger partial charge in [0, 0.05) is 0 Å². The summed E-state index contributed by atoms with van der Waals surface area (Å²) in [4.78, 5) is 0. The fraction of sp³-hybridized carbons (Fsp3) is 1.00. The van der Waals surface area contributed by atoms with E-state index in [9.17, 15) is 0 Å². The zero-order valence-electron chi connectivity index (χ0n) is 54.9. The van der Waals surface area contributed by atoms with Gasteiger partial charge in [0.2, 0.25) is 0 Å². The van der Waals surface area contributed by atoms with E-state index in [1.54, 1.807) is 0 Å². The zero-order chi connectivity index (χ0) is 56.1. The van der Waals surface area contributed by atoms with Crippen molar-refractivity contribution in [3.63, 3.8) is 0 Å². The Morgan fingerprint density at radius 2 is 0.260 bits per heavy atom. The normalized spacial score (nSPS) is 12.3. The van der Waals surface area contributed by atoms with Crippen molar-refractivity contribution in [1.29, 1.82) is 0 Å². The average molecular weight is 1130 g/mol. The Balaban J connectivity index is 4.99. The summed E-state index contributed by atoms with van der Waals surface area (Å²) in [6, 6.07) is 0. The molecule has 0 atom stereocenters. The Morgan fingerprint density at radius 1 is 0.156 bits per heavy atom. The first kappa shape index (κ1) is 77.6. The Kier molecular flexibility index (Phi) is 64.6. The predicted octanol–water partition coefficient (Wildman–Crippen LogP) is 26.3. The molecule has 0 aromatic rings. The van der Waals surface area contributed by atoms with E-state index in [4.69, 9.17) is 13.3 Å². The van der Waals surface area contributed by atoms with Gasteiger partial charge in [-0.05, 0) is 23.7 Å². The van der Waals surface area contributed by atoms with Crippen LogP contribution in [0.4, 0.5) is 0 Å². The molecular formula is C72H148O4Ti. The molecule has 0 heterocycles. The first-order chi connectivity index (χ1) is 37.7. The molecule has 0 amide bonds. The molecule has 0 unspecified atom stereocenters. The van der Waals surface area contributed by atoms with E-state index in [2.05, 4.69) is 55.4 Å². The molecular weight excluding hydrogens is 977 g/mol. The molecule has 4 nitrogen and oxygen atoms in total. The van der Waals surface area contributed by atoms with Crippen LogP contribution in [0.3, 0.4) is 0 Å². The van der Waals surface area contributed by atoms with Crippen LogP contribution in [0.25, 0.3) is 0 Å². The number of hydrogen-bond acceptors (Lipinski definition) is 4. The molecule has 0 aromatic heterocycles. The molecule has 0 aliphatic carbocycles. The third-order valence-electron chi connectivity index (χ3n) is 16.8. The minimum atomic E-state index is -3.89. The second-order valence-electron chi connectivity index (χ2n) is 27.0. The summed E-state index contributed by atoms with van der Waals surface area (Å²) in [7, 11) is 0. The maximum atomic E-state index is 6.85. The van der Waals surface area contributed by atoms with Crippen molar-refractivity contribution in [2.45, 2.75) is 415 Å². The third kappa shape index (κ3) is 65.6. The van der Waals surface area contributed by atoms with Crippen LogP contribution in [0, 0.1) is 23.7 Å². The van der Waals surface area contributed by atoms with Gasteiger partial charge in [0.15, 0.2) is 0 Å². The molecule has 0 aromatic carbocycles. The summed E-state index contributed by atoms with van der Waals surface area (Å²) in [6.45, 7) is 21.8. The van der Waals surface area contributed by atoms with Crippen LogP contribution in [0.15, 0.2) is 0 Å². The van der Waals surface area contributed by atoms with Gasteiger partial charge in [-0.25, -0.2) is 0 Å². The van der Waals surface area contributed by atoms with E-state index in [1.165, 1.54) is 334 Å². The van der Waals surface area contributed by atoms with Gasteiger partial charge in [-0.2, -0.15) is 0 Å². The van der Waals surface area contributed by atoms with Gasteiger partial charge in [-0.3, -0.25) is 0 Å². The second kappa shape index (κ2) is 64.1. The van der Waals surface area contributed by atoms with E-state index in [0.29, 0.717) is 0 Å². The Hall–Kier alpha value is 0.554. The summed E-state index contributed by atoms with van der Waals surface area (Å²) in [6.07, 6.45) is 77.1. The molecule has 0 N–H and O–H groups in total. The molecule has 0 fully saturated rings. The van der Waals surface area contributed by atoms with E-state index in [1.807, 2.05) is 0 Å². The van der Waals surface area contributed by atoms with Crippen molar-refractivity contribution in [2.24, 2.45) is 23.7 Å². The molecule has 0 aliphatic heterocycles. The maximum absolute atomic E-state index is 6.85. The molecule has 0 radical (unpaired) electrons. The second-order valence-corrected chi connectivity index (χ2v) is 30.4. The van der Waals surface area contributed by atoms with Crippen LogP contribution < -0.4 is 0 Å². The van der Waals surface area contributed by atoms with Crippen molar-refractivity contribution in [2.75, 3.05) is 26.4 Å².